The predicted molar refractivity (Wildman–Crippen MR) is 80.1 cm³/mol. The molecule has 3 rings (SSSR count). The first-order valence-corrected chi connectivity index (χ1v) is 8.04. The SMILES string of the molecule is COCCOCOC[C@@H]1C=C[C@@H]2C(C)(C)[C@@H]3C[C@@]2(C1)C(=O)O3. The van der Waals surface area contributed by atoms with Crippen LogP contribution in [0.1, 0.15) is 26.7 Å². The van der Waals surface area contributed by atoms with E-state index in [1.807, 2.05) is 0 Å². The lowest BCUT2D eigenvalue weighted by molar-refractivity contribution is -0.167. The van der Waals surface area contributed by atoms with Crippen molar-refractivity contribution in [3.05, 3.63) is 12.2 Å². The van der Waals surface area contributed by atoms with Crippen LogP contribution in [-0.2, 0) is 23.7 Å². The highest BCUT2D eigenvalue weighted by atomic mass is 16.7. The van der Waals surface area contributed by atoms with Crippen LogP contribution in [0.4, 0.5) is 0 Å². The van der Waals surface area contributed by atoms with Crippen molar-refractivity contribution in [2.24, 2.45) is 22.7 Å². The van der Waals surface area contributed by atoms with E-state index in [1.165, 1.54) is 0 Å². The monoisotopic (exact) mass is 310 g/mol. The average molecular weight is 310 g/mol. The van der Waals surface area contributed by atoms with Crippen molar-refractivity contribution in [2.45, 2.75) is 32.8 Å². The third-order valence-electron chi connectivity index (χ3n) is 5.56. The molecule has 0 aromatic carbocycles. The molecular formula is C17H26O5. The standard InChI is InChI=1S/C17H26O5/c1-16(2)13-5-4-12(10-21-11-20-7-6-19-3)8-17(13)9-14(16)22-15(17)18/h4-5,12-14H,6-11H2,1-3H3/t12-,13-,14+,17-/m1/s1. The van der Waals surface area contributed by atoms with E-state index in [1.54, 1.807) is 7.11 Å². The van der Waals surface area contributed by atoms with E-state index < -0.39 is 0 Å². The Morgan fingerprint density at radius 1 is 1.23 bits per heavy atom. The molecule has 0 unspecified atom stereocenters. The van der Waals surface area contributed by atoms with Gasteiger partial charge in [-0.25, -0.2) is 0 Å². The van der Waals surface area contributed by atoms with Crippen molar-refractivity contribution in [1.29, 1.82) is 0 Å². The van der Waals surface area contributed by atoms with Crippen LogP contribution < -0.4 is 0 Å². The summed E-state index contributed by atoms with van der Waals surface area (Å²) in [6.07, 6.45) is 6.18. The van der Waals surface area contributed by atoms with E-state index in [9.17, 15) is 4.79 Å². The molecule has 0 amide bonds. The van der Waals surface area contributed by atoms with Gasteiger partial charge in [0.15, 0.2) is 0 Å². The zero-order valence-corrected chi connectivity index (χ0v) is 13.7. The zero-order chi connectivity index (χ0) is 15.8. The summed E-state index contributed by atoms with van der Waals surface area (Å²) in [5.41, 5.74) is -0.284. The van der Waals surface area contributed by atoms with Crippen LogP contribution in [0.2, 0.25) is 0 Å². The molecule has 5 nitrogen and oxygen atoms in total. The molecule has 1 spiro atoms. The van der Waals surface area contributed by atoms with Crippen LogP contribution >= 0.6 is 0 Å². The first-order valence-electron chi connectivity index (χ1n) is 8.04. The minimum atomic E-state index is -0.326. The Balaban J connectivity index is 1.55. The molecule has 1 saturated heterocycles. The lowest BCUT2D eigenvalue weighted by Crippen LogP contribution is -2.46. The average Bonchev–Trinajstić information content (AvgIpc) is 2.91. The second-order valence-corrected chi connectivity index (χ2v) is 7.29. The molecule has 2 bridgehead atoms. The van der Waals surface area contributed by atoms with Crippen molar-refractivity contribution in [3.8, 4) is 0 Å². The fourth-order valence-corrected chi connectivity index (χ4v) is 4.39. The van der Waals surface area contributed by atoms with Gasteiger partial charge in [0.1, 0.15) is 12.9 Å². The van der Waals surface area contributed by atoms with Crippen molar-refractivity contribution in [1.82, 2.24) is 0 Å². The summed E-state index contributed by atoms with van der Waals surface area (Å²) >= 11 is 0. The molecule has 2 aliphatic carbocycles. The Labute approximate surface area is 131 Å². The molecule has 3 aliphatic rings. The molecule has 0 aromatic heterocycles. The number of hydrogen-bond acceptors (Lipinski definition) is 5. The van der Waals surface area contributed by atoms with E-state index in [2.05, 4.69) is 26.0 Å². The molecular weight excluding hydrogens is 284 g/mol. The summed E-state index contributed by atoms with van der Waals surface area (Å²) in [4.78, 5) is 12.3. The maximum Gasteiger partial charge on any atom is 0.313 e. The molecule has 124 valence electrons. The topological polar surface area (TPSA) is 54.0 Å². The first kappa shape index (κ1) is 16.0. The van der Waals surface area contributed by atoms with E-state index in [0.29, 0.717) is 25.7 Å². The van der Waals surface area contributed by atoms with Crippen LogP contribution in [-0.4, -0.2) is 45.8 Å². The number of rotatable bonds is 7. The van der Waals surface area contributed by atoms with Gasteiger partial charge in [0.25, 0.3) is 0 Å². The minimum absolute atomic E-state index is 0.00693. The second-order valence-electron chi connectivity index (χ2n) is 7.29. The van der Waals surface area contributed by atoms with E-state index in [4.69, 9.17) is 18.9 Å². The molecule has 0 N–H and O–H groups in total. The summed E-state index contributed by atoms with van der Waals surface area (Å²) in [5.74, 6) is 0.537. The van der Waals surface area contributed by atoms with Gasteiger partial charge in [0.05, 0.1) is 25.2 Å². The molecule has 1 aliphatic heterocycles. The van der Waals surface area contributed by atoms with Gasteiger partial charge in [-0.15, -0.1) is 0 Å². The quantitative estimate of drug-likeness (QED) is 0.312. The van der Waals surface area contributed by atoms with Crippen LogP contribution in [0.25, 0.3) is 0 Å². The fourth-order valence-electron chi connectivity index (χ4n) is 4.39. The fraction of sp³-hybridized carbons (Fsp3) is 0.824. The van der Waals surface area contributed by atoms with Crippen molar-refractivity contribution in [3.63, 3.8) is 0 Å². The smallest absolute Gasteiger partial charge is 0.313 e. The maximum absolute atomic E-state index is 12.3. The Kier molecular flexibility index (Phi) is 4.32. The van der Waals surface area contributed by atoms with Gasteiger partial charge >= 0.3 is 5.97 Å². The highest BCUT2D eigenvalue weighted by Gasteiger charge is 2.68. The number of carbonyl (C=O) groups excluding carboxylic acids is 1. The first-order chi connectivity index (χ1) is 10.5. The van der Waals surface area contributed by atoms with Crippen molar-refractivity contribution < 1.29 is 23.7 Å². The lowest BCUT2D eigenvalue weighted by atomic mass is 9.62. The summed E-state index contributed by atoms with van der Waals surface area (Å²) in [6, 6.07) is 0. The molecule has 0 radical (unpaired) electrons. The molecule has 1 heterocycles. The summed E-state index contributed by atoms with van der Waals surface area (Å²) < 4.78 is 21.4. The van der Waals surface area contributed by atoms with Gasteiger partial charge in [0, 0.05) is 30.8 Å². The van der Waals surface area contributed by atoms with Gasteiger partial charge in [-0.2, -0.15) is 0 Å². The molecule has 0 aromatic rings. The number of allylic oxidation sites excluding steroid dienone is 1. The van der Waals surface area contributed by atoms with Crippen molar-refractivity contribution >= 4 is 5.97 Å². The number of methoxy groups -OCH3 is 1. The Morgan fingerprint density at radius 3 is 2.82 bits per heavy atom. The number of hydrogen-bond donors (Lipinski definition) is 0. The van der Waals surface area contributed by atoms with Gasteiger partial charge in [-0.05, 0) is 6.42 Å². The Bertz CT molecular complexity index is 458. The number of carbonyl (C=O) groups is 1. The van der Waals surface area contributed by atoms with Gasteiger partial charge < -0.3 is 18.9 Å². The Morgan fingerprint density at radius 2 is 2.05 bits per heavy atom. The Hall–Kier alpha value is -0.910. The number of esters is 1. The largest absolute Gasteiger partial charge is 0.461 e. The van der Waals surface area contributed by atoms with Crippen molar-refractivity contribution in [2.75, 3.05) is 33.7 Å². The van der Waals surface area contributed by atoms with Crippen LogP contribution in [0, 0.1) is 22.7 Å². The van der Waals surface area contributed by atoms with E-state index in [0.717, 1.165) is 12.8 Å². The summed E-state index contributed by atoms with van der Waals surface area (Å²) in [6.45, 7) is 6.37. The van der Waals surface area contributed by atoms with Gasteiger partial charge in [-0.1, -0.05) is 26.0 Å². The highest BCUT2D eigenvalue weighted by molar-refractivity contribution is 5.82. The lowest BCUT2D eigenvalue weighted by Gasteiger charge is -2.44. The summed E-state index contributed by atoms with van der Waals surface area (Å²) in [5, 5.41) is 0. The minimum Gasteiger partial charge on any atom is -0.461 e. The molecule has 4 atom stereocenters. The summed E-state index contributed by atoms with van der Waals surface area (Å²) in [7, 11) is 1.64. The highest BCUT2D eigenvalue weighted by Crippen LogP contribution is 2.64. The zero-order valence-electron chi connectivity index (χ0n) is 13.7. The van der Waals surface area contributed by atoms with E-state index >= 15 is 0 Å². The van der Waals surface area contributed by atoms with Crippen LogP contribution in [0.5, 0.6) is 0 Å². The van der Waals surface area contributed by atoms with Crippen LogP contribution in [0.3, 0.4) is 0 Å². The molecule has 2 fully saturated rings. The number of fused-ring (bicyclic) bond motifs is 1. The van der Waals surface area contributed by atoms with Gasteiger partial charge in [-0.3, -0.25) is 4.79 Å². The molecule has 22 heavy (non-hydrogen) atoms. The van der Waals surface area contributed by atoms with Gasteiger partial charge in [0.2, 0.25) is 0 Å². The van der Waals surface area contributed by atoms with Crippen LogP contribution in [0.15, 0.2) is 12.2 Å². The maximum atomic E-state index is 12.3. The predicted octanol–water partition coefficient (Wildman–Crippen LogP) is 2.16. The normalized spacial score (nSPS) is 38.1. The molecule has 1 saturated carbocycles. The second kappa shape index (κ2) is 5.95. The third kappa shape index (κ3) is 2.49. The molecule has 5 heteroatoms. The van der Waals surface area contributed by atoms with E-state index in [-0.39, 0.29) is 35.6 Å². The third-order valence-corrected chi connectivity index (χ3v) is 5.56. The number of ether oxygens (including phenoxy) is 4.